The average Bonchev–Trinajstić information content (AvgIpc) is 2.50. The van der Waals surface area contributed by atoms with E-state index in [4.69, 9.17) is 0 Å². The first-order valence-corrected chi connectivity index (χ1v) is 6.11. The number of rotatable bonds is 0. The van der Waals surface area contributed by atoms with Gasteiger partial charge in [-0.1, -0.05) is 42.5 Å². The summed E-state index contributed by atoms with van der Waals surface area (Å²) in [6.45, 7) is 2.13. The van der Waals surface area contributed by atoms with Crippen LogP contribution in [0.1, 0.15) is 33.9 Å². The molecule has 0 radical (unpaired) electrons. The first-order chi connectivity index (χ1) is 8.27. The maximum atomic E-state index is 10.5. The monoisotopic (exact) mass is 224 g/mol. The van der Waals surface area contributed by atoms with Crippen molar-refractivity contribution >= 4 is 0 Å². The molecule has 1 atom stereocenters. The molecule has 1 nitrogen and oxygen atoms in total. The minimum atomic E-state index is -0.469. The van der Waals surface area contributed by atoms with Crippen LogP contribution in [0.25, 0.3) is 0 Å². The summed E-state index contributed by atoms with van der Waals surface area (Å²) in [6.07, 6.45) is 1.57. The van der Waals surface area contributed by atoms with Crippen molar-refractivity contribution < 1.29 is 5.11 Å². The fourth-order valence-electron chi connectivity index (χ4n) is 2.78. The van der Waals surface area contributed by atoms with E-state index < -0.39 is 6.10 Å². The van der Waals surface area contributed by atoms with E-state index in [0.29, 0.717) is 0 Å². The van der Waals surface area contributed by atoms with Crippen LogP contribution in [-0.4, -0.2) is 5.11 Å². The van der Waals surface area contributed by atoms with Gasteiger partial charge in [-0.25, -0.2) is 0 Å². The highest BCUT2D eigenvalue weighted by molar-refractivity contribution is 5.45. The molecule has 0 saturated heterocycles. The Labute approximate surface area is 102 Å². The Kier molecular flexibility index (Phi) is 2.49. The highest BCUT2D eigenvalue weighted by atomic mass is 16.3. The van der Waals surface area contributed by atoms with E-state index >= 15 is 0 Å². The first kappa shape index (κ1) is 10.5. The largest absolute Gasteiger partial charge is 0.384 e. The van der Waals surface area contributed by atoms with Crippen LogP contribution >= 0.6 is 0 Å². The second-order valence-corrected chi connectivity index (χ2v) is 4.74. The Bertz CT molecular complexity index is 557. The summed E-state index contributed by atoms with van der Waals surface area (Å²) in [5, 5.41) is 10.5. The van der Waals surface area contributed by atoms with Gasteiger partial charge in [0.1, 0.15) is 6.10 Å². The third-order valence-electron chi connectivity index (χ3n) is 3.74. The van der Waals surface area contributed by atoms with E-state index in [1.165, 1.54) is 16.7 Å². The molecule has 2 aromatic carbocycles. The minimum absolute atomic E-state index is 0.469. The van der Waals surface area contributed by atoms with Gasteiger partial charge in [0.25, 0.3) is 0 Å². The number of aliphatic hydroxyl groups is 1. The topological polar surface area (TPSA) is 20.2 Å². The van der Waals surface area contributed by atoms with Crippen LogP contribution in [-0.2, 0) is 12.8 Å². The molecule has 2 aromatic rings. The fraction of sp³-hybridized carbons (Fsp3) is 0.250. The highest BCUT2D eigenvalue weighted by Crippen LogP contribution is 2.33. The molecule has 0 aliphatic heterocycles. The Morgan fingerprint density at radius 1 is 0.941 bits per heavy atom. The summed E-state index contributed by atoms with van der Waals surface area (Å²) in [6, 6.07) is 14.4. The van der Waals surface area contributed by atoms with Crippen molar-refractivity contribution in [2.24, 2.45) is 0 Å². The summed E-state index contributed by atoms with van der Waals surface area (Å²) in [4.78, 5) is 0. The number of hydrogen-bond donors (Lipinski definition) is 1. The van der Waals surface area contributed by atoms with Crippen LogP contribution in [0.5, 0.6) is 0 Å². The fourth-order valence-corrected chi connectivity index (χ4v) is 2.78. The highest BCUT2D eigenvalue weighted by Gasteiger charge is 2.21. The molecule has 0 fully saturated rings. The zero-order valence-electron chi connectivity index (χ0n) is 9.98. The third-order valence-corrected chi connectivity index (χ3v) is 3.74. The van der Waals surface area contributed by atoms with Gasteiger partial charge in [-0.15, -0.1) is 0 Å². The van der Waals surface area contributed by atoms with Gasteiger partial charge in [-0.05, 0) is 47.6 Å². The normalized spacial score (nSPS) is 18.1. The summed E-state index contributed by atoms with van der Waals surface area (Å²) in [7, 11) is 0. The minimum Gasteiger partial charge on any atom is -0.384 e. The molecule has 0 saturated carbocycles. The van der Waals surface area contributed by atoms with Crippen LogP contribution in [0.2, 0.25) is 0 Å². The molecule has 1 heteroatoms. The van der Waals surface area contributed by atoms with Crippen molar-refractivity contribution in [3.63, 3.8) is 0 Å². The number of aryl methyl sites for hydroxylation is 2. The summed E-state index contributed by atoms with van der Waals surface area (Å²) in [5.74, 6) is 0. The molecule has 86 valence electrons. The lowest BCUT2D eigenvalue weighted by Crippen LogP contribution is -2.03. The predicted octanol–water partition coefficient (Wildman–Crippen LogP) is 3.18. The van der Waals surface area contributed by atoms with Gasteiger partial charge in [0.05, 0.1) is 0 Å². The van der Waals surface area contributed by atoms with E-state index in [2.05, 4.69) is 25.1 Å². The van der Waals surface area contributed by atoms with Crippen molar-refractivity contribution in [2.75, 3.05) is 0 Å². The van der Waals surface area contributed by atoms with Crippen molar-refractivity contribution in [2.45, 2.75) is 25.9 Å². The van der Waals surface area contributed by atoms with Crippen LogP contribution in [0, 0.1) is 6.92 Å². The van der Waals surface area contributed by atoms with E-state index in [1.807, 2.05) is 24.3 Å². The molecule has 0 aromatic heterocycles. The zero-order chi connectivity index (χ0) is 11.8. The lowest BCUT2D eigenvalue weighted by atomic mass is 9.95. The molecule has 0 heterocycles. The molecule has 0 spiro atoms. The Morgan fingerprint density at radius 3 is 2.59 bits per heavy atom. The van der Waals surface area contributed by atoms with Crippen LogP contribution in [0.4, 0.5) is 0 Å². The van der Waals surface area contributed by atoms with Gasteiger partial charge >= 0.3 is 0 Å². The number of benzene rings is 2. The van der Waals surface area contributed by atoms with Crippen LogP contribution in [0.15, 0.2) is 42.5 Å². The maximum absolute atomic E-state index is 10.5. The molecule has 1 aliphatic rings. The second-order valence-electron chi connectivity index (χ2n) is 4.74. The maximum Gasteiger partial charge on any atom is 0.105 e. The standard InChI is InChI=1S/C16H16O/c1-11-5-4-8-15-13(11)10-9-12-6-2-3-7-14(12)16(15)17/h2-8,16-17H,9-10H2,1H3. The predicted molar refractivity (Wildman–Crippen MR) is 69.1 cm³/mol. The van der Waals surface area contributed by atoms with Crippen molar-refractivity contribution in [1.29, 1.82) is 0 Å². The smallest absolute Gasteiger partial charge is 0.105 e. The Balaban J connectivity index is 2.20. The molecule has 1 unspecified atom stereocenters. The molecule has 0 amide bonds. The molecule has 1 aliphatic carbocycles. The van der Waals surface area contributed by atoms with Gasteiger partial charge in [0, 0.05) is 0 Å². The summed E-state index contributed by atoms with van der Waals surface area (Å²) < 4.78 is 0. The zero-order valence-corrected chi connectivity index (χ0v) is 9.98. The molecule has 1 N–H and O–H groups in total. The van der Waals surface area contributed by atoms with Crippen LogP contribution in [0.3, 0.4) is 0 Å². The quantitative estimate of drug-likeness (QED) is 0.728. The molecule has 0 bridgehead atoms. The lowest BCUT2D eigenvalue weighted by Gasteiger charge is -2.15. The van der Waals surface area contributed by atoms with Crippen molar-refractivity contribution in [3.8, 4) is 0 Å². The average molecular weight is 224 g/mol. The molecule has 17 heavy (non-hydrogen) atoms. The molecular weight excluding hydrogens is 208 g/mol. The van der Waals surface area contributed by atoms with Crippen LogP contribution < -0.4 is 0 Å². The SMILES string of the molecule is Cc1cccc2c1CCc1ccccc1C2O. The van der Waals surface area contributed by atoms with Gasteiger partial charge in [-0.2, -0.15) is 0 Å². The van der Waals surface area contributed by atoms with E-state index in [-0.39, 0.29) is 0 Å². The van der Waals surface area contributed by atoms with Gasteiger partial charge in [0.15, 0.2) is 0 Å². The number of fused-ring (bicyclic) bond motifs is 2. The second kappa shape index (κ2) is 4.01. The molecular formula is C16H16O. The number of hydrogen-bond acceptors (Lipinski definition) is 1. The first-order valence-electron chi connectivity index (χ1n) is 6.11. The van der Waals surface area contributed by atoms with E-state index in [1.54, 1.807) is 0 Å². The summed E-state index contributed by atoms with van der Waals surface area (Å²) >= 11 is 0. The van der Waals surface area contributed by atoms with E-state index in [0.717, 1.165) is 24.0 Å². The van der Waals surface area contributed by atoms with Crippen molar-refractivity contribution in [3.05, 3.63) is 70.3 Å². The van der Waals surface area contributed by atoms with Gasteiger partial charge < -0.3 is 5.11 Å². The van der Waals surface area contributed by atoms with Gasteiger partial charge in [0.2, 0.25) is 0 Å². The number of aliphatic hydroxyl groups excluding tert-OH is 1. The third kappa shape index (κ3) is 1.67. The Hall–Kier alpha value is -1.60. The molecule has 3 rings (SSSR count). The lowest BCUT2D eigenvalue weighted by molar-refractivity contribution is 0.219. The van der Waals surface area contributed by atoms with Gasteiger partial charge in [-0.3, -0.25) is 0 Å². The van der Waals surface area contributed by atoms with Crippen molar-refractivity contribution in [1.82, 2.24) is 0 Å². The van der Waals surface area contributed by atoms with E-state index in [9.17, 15) is 5.11 Å². The summed E-state index contributed by atoms with van der Waals surface area (Å²) in [5.41, 5.74) is 6.02. The Morgan fingerprint density at radius 2 is 1.71 bits per heavy atom.